The van der Waals surface area contributed by atoms with E-state index < -0.39 is 0 Å². The second-order valence-corrected chi connectivity index (χ2v) is 4.81. The number of nitrogens with one attached hydrogen (secondary N) is 1. The van der Waals surface area contributed by atoms with Gasteiger partial charge in [0.25, 0.3) is 0 Å². The second kappa shape index (κ2) is 6.11. The summed E-state index contributed by atoms with van der Waals surface area (Å²) in [5, 5.41) is 3.27. The molecule has 0 unspecified atom stereocenters. The lowest BCUT2D eigenvalue weighted by molar-refractivity contribution is -0.00548. The van der Waals surface area contributed by atoms with Crippen LogP contribution in [0.1, 0.15) is 26.5 Å². The summed E-state index contributed by atoms with van der Waals surface area (Å²) in [6, 6.07) is 0. The van der Waals surface area contributed by atoms with Gasteiger partial charge >= 0.3 is 0 Å². The average molecular weight is 250 g/mol. The molecule has 5 nitrogen and oxygen atoms in total. The number of morpholine rings is 1. The maximum atomic E-state index is 5.73. The SMILES string of the molecule is CCNCc1cncc(N2C[C@@H](C)O[C@@H](C)C2)n1. The Balaban J connectivity index is 2.07. The molecule has 0 amide bonds. The van der Waals surface area contributed by atoms with Gasteiger partial charge in [0, 0.05) is 25.8 Å². The van der Waals surface area contributed by atoms with E-state index in [1.165, 1.54) is 0 Å². The third-order valence-electron chi connectivity index (χ3n) is 2.97. The number of nitrogens with zero attached hydrogens (tertiary/aromatic N) is 3. The molecular formula is C13H22N4O. The van der Waals surface area contributed by atoms with Crippen LogP contribution in [0.4, 0.5) is 5.82 Å². The minimum Gasteiger partial charge on any atom is -0.372 e. The molecule has 0 radical (unpaired) electrons. The lowest BCUT2D eigenvalue weighted by Gasteiger charge is -2.35. The van der Waals surface area contributed by atoms with Crippen molar-refractivity contribution in [2.75, 3.05) is 24.5 Å². The van der Waals surface area contributed by atoms with Gasteiger partial charge in [0.2, 0.25) is 0 Å². The van der Waals surface area contributed by atoms with Crippen LogP contribution in [0.25, 0.3) is 0 Å². The largest absolute Gasteiger partial charge is 0.372 e. The van der Waals surface area contributed by atoms with Crippen molar-refractivity contribution in [3.8, 4) is 0 Å². The van der Waals surface area contributed by atoms with Crippen LogP contribution < -0.4 is 10.2 Å². The molecule has 1 aliphatic rings. The Morgan fingerprint density at radius 2 is 2.06 bits per heavy atom. The molecule has 100 valence electrons. The molecule has 2 atom stereocenters. The van der Waals surface area contributed by atoms with E-state index in [-0.39, 0.29) is 12.2 Å². The Hall–Kier alpha value is -1.20. The summed E-state index contributed by atoms with van der Waals surface area (Å²) in [6.45, 7) is 9.75. The molecule has 1 aliphatic heterocycles. The summed E-state index contributed by atoms with van der Waals surface area (Å²) in [4.78, 5) is 11.2. The van der Waals surface area contributed by atoms with E-state index in [1.807, 2.05) is 12.4 Å². The zero-order valence-corrected chi connectivity index (χ0v) is 11.4. The fraction of sp³-hybridized carbons (Fsp3) is 0.692. The Kier molecular flexibility index (Phi) is 4.49. The van der Waals surface area contributed by atoms with Gasteiger partial charge in [-0.2, -0.15) is 0 Å². The van der Waals surface area contributed by atoms with Gasteiger partial charge in [-0.25, -0.2) is 4.98 Å². The summed E-state index contributed by atoms with van der Waals surface area (Å²) >= 11 is 0. The molecule has 18 heavy (non-hydrogen) atoms. The third kappa shape index (κ3) is 3.40. The van der Waals surface area contributed by atoms with Crippen LogP contribution in [0, 0.1) is 0 Å². The van der Waals surface area contributed by atoms with Gasteiger partial charge in [0.05, 0.1) is 24.1 Å². The first-order chi connectivity index (χ1) is 8.69. The predicted molar refractivity (Wildman–Crippen MR) is 71.6 cm³/mol. The standard InChI is InChI=1S/C13H22N4O/c1-4-14-5-12-6-15-7-13(16-12)17-8-10(2)18-11(3)9-17/h6-7,10-11,14H,4-5,8-9H2,1-3H3/t10-,11+. The number of ether oxygens (including phenoxy) is 1. The van der Waals surface area contributed by atoms with Crippen LogP contribution in [0.5, 0.6) is 0 Å². The Bertz CT molecular complexity index is 375. The molecule has 0 spiro atoms. The fourth-order valence-corrected chi connectivity index (χ4v) is 2.25. The number of rotatable bonds is 4. The molecule has 1 fully saturated rings. The van der Waals surface area contributed by atoms with E-state index in [0.717, 1.165) is 37.7 Å². The molecule has 1 N–H and O–H groups in total. The quantitative estimate of drug-likeness (QED) is 0.870. The summed E-state index contributed by atoms with van der Waals surface area (Å²) in [5.74, 6) is 0.951. The zero-order chi connectivity index (χ0) is 13.0. The van der Waals surface area contributed by atoms with Gasteiger partial charge in [0.1, 0.15) is 5.82 Å². The van der Waals surface area contributed by atoms with Crippen molar-refractivity contribution in [1.82, 2.24) is 15.3 Å². The van der Waals surface area contributed by atoms with Crippen molar-refractivity contribution in [1.29, 1.82) is 0 Å². The first kappa shape index (κ1) is 13.2. The third-order valence-corrected chi connectivity index (χ3v) is 2.97. The molecule has 0 aliphatic carbocycles. The fourth-order valence-electron chi connectivity index (χ4n) is 2.25. The van der Waals surface area contributed by atoms with Crippen LogP contribution in [0.3, 0.4) is 0 Å². The summed E-state index contributed by atoms with van der Waals surface area (Å²) in [7, 11) is 0. The van der Waals surface area contributed by atoms with Crippen LogP contribution >= 0.6 is 0 Å². The number of aromatic nitrogens is 2. The predicted octanol–water partition coefficient (Wildman–Crippen LogP) is 1.20. The van der Waals surface area contributed by atoms with E-state index in [9.17, 15) is 0 Å². The highest BCUT2D eigenvalue weighted by molar-refractivity contribution is 5.37. The van der Waals surface area contributed by atoms with E-state index >= 15 is 0 Å². The van der Waals surface area contributed by atoms with Crippen LogP contribution in [0.15, 0.2) is 12.4 Å². The maximum Gasteiger partial charge on any atom is 0.147 e. The van der Waals surface area contributed by atoms with Gasteiger partial charge in [-0.15, -0.1) is 0 Å². The average Bonchev–Trinajstić information content (AvgIpc) is 2.35. The van der Waals surface area contributed by atoms with Gasteiger partial charge in [-0.1, -0.05) is 6.92 Å². The molecule has 0 bridgehead atoms. The first-order valence-corrected chi connectivity index (χ1v) is 6.61. The van der Waals surface area contributed by atoms with Gasteiger partial charge in [-0.3, -0.25) is 4.98 Å². The molecule has 0 saturated carbocycles. The monoisotopic (exact) mass is 250 g/mol. The Labute approximate surface area is 109 Å². The van der Waals surface area contributed by atoms with Gasteiger partial charge in [-0.05, 0) is 20.4 Å². The zero-order valence-electron chi connectivity index (χ0n) is 11.4. The maximum absolute atomic E-state index is 5.73. The minimum absolute atomic E-state index is 0.243. The van der Waals surface area contributed by atoms with Crippen LogP contribution in [-0.4, -0.2) is 41.8 Å². The first-order valence-electron chi connectivity index (χ1n) is 6.61. The number of hydrogen-bond donors (Lipinski definition) is 1. The van der Waals surface area contributed by atoms with Crippen molar-refractivity contribution in [3.63, 3.8) is 0 Å². The summed E-state index contributed by atoms with van der Waals surface area (Å²) < 4.78 is 5.73. The topological polar surface area (TPSA) is 50.3 Å². The lowest BCUT2D eigenvalue weighted by Crippen LogP contribution is -2.46. The van der Waals surface area contributed by atoms with Crippen molar-refractivity contribution < 1.29 is 4.74 Å². The van der Waals surface area contributed by atoms with Gasteiger partial charge < -0.3 is 15.0 Å². The Morgan fingerprint density at radius 1 is 1.33 bits per heavy atom. The van der Waals surface area contributed by atoms with Gasteiger partial charge in [0.15, 0.2) is 0 Å². The smallest absolute Gasteiger partial charge is 0.147 e. The number of hydrogen-bond acceptors (Lipinski definition) is 5. The van der Waals surface area contributed by atoms with Crippen molar-refractivity contribution >= 4 is 5.82 Å². The lowest BCUT2D eigenvalue weighted by atomic mass is 10.2. The normalized spacial score (nSPS) is 24.3. The highest BCUT2D eigenvalue weighted by Gasteiger charge is 2.23. The molecule has 1 aromatic heterocycles. The van der Waals surface area contributed by atoms with E-state index in [4.69, 9.17) is 4.74 Å². The highest BCUT2D eigenvalue weighted by Crippen LogP contribution is 2.17. The van der Waals surface area contributed by atoms with E-state index in [2.05, 4.69) is 41.0 Å². The molecular weight excluding hydrogens is 228 g/mol. The molecule has 2 rings (SSSR count). The molecule has 1 aromatic rings. The van der Waals surface area contributed by atoms with Crippen molar-refractivity contribution in [3.05, 3.63) is 18.1 Å². The van der Waals surface area contributed by atoms with Crippen molar-refractivity contribution in [2.24, 2.45) is 0 Å². The highest BCUT2D eigenvalue weighted by atomic mass is 16.5. The summed E-state index contributed by atoms with van der Waals surface area (Å²) in [6.07, 6.45) is 4.14. The molecule has 0 aromatic carbocycles. The number of anilines is 1. The summed E-state index contributed by atoms with van der Waals surface area (Å²) in [5.41, 5.74) is 0.987. The van der Waals surface area contributed by atoms with E-state index in [0.29, 0.717) is 0 Å². The molecule has 5 heteroatoms. The molecule has 2 heterocycles. The van der Waals surface area contributed by atoms with E-state index in [1.54, 1.807) is 0 Å². The van der Waals surface area contributed by atoms with Crippen molar-refractivity contribution in [2.45, 2.75) is 39.5 Å². The van der Waals surface area contributed by atoms with Crippen LogP contribution in [-0.2, 0) is 11.3 Å². The second-order valence-electron chi connectivity index (χ2n) is 4.81. The van der Waals surface area contributed by atoms with Crippen LogP contribution in [0.2, 0.25) is 0 Å². The molecule has 1 saturated heterocycles. The Morgan fingerprint density at radius 3 is 2.72 bits per heavy atom. The minimum atomic E-state index is 0.243.